The number of nitrogens with zero attached hydrogens (tertiary/aromatic N) is 2. The molecule has 0 aliphatic carbocycles. The summed E-state index contributed by atoms with van der Waals surface area (Å²) < 4.78 is 9.36. The lowest BCUT2D eigenvalue weighted by Crippen LogP contribution is -2.14. The minimum absolute atomic E-state index is 0.260. The second kappa shape index (κ2) is 9.66. The molecule has 3 aromatic rings. The number of hydrogen-bond acceptors (Lipinski definition) is 10. The van der Waals surface area contributed by atoms with Crippen LogP contribution >= 0.6 is 22.7 Å². The van der Waals surface area contributed by atoms with Gasteiger partial charge in [-0.15, -0.1) is 0 Å². The first kappa shape index (κ1) is 23.0. The molecule has 2 amide bonds. The Kier molecular flexibility index (Phi) is 6.95. The lowest BCUT2D eigenvalue weighted by atomic mass is 10.1. The fourth-order valence-corrected chi connectivity index (χ4v) is 4.33. The summed E-state index contributed by atoms with van der Waals surface area (Å²) in [5, 5.41) is 5.76. The quantitative estimate of drug-likeness (QED) is 0.519. The smallest absolute Gasteiger partial charge is 0.350 e. The summed E-state index contributed by atoms with van der Waals surface area (Å²) in [4.78, 5) is 57.2. The van der Waals surface area contributed by atoms with E-state index in [9.17, 15) is 19.2 Å². The average molecular weight is 475 g/mol. The average Bonchev–Trinajstić information content (AvgIpc) is 3.34. The highest BCUT2D eigenvalue weighted by Crippen LogP contribution is 2.25. The van der Waals surface area contributed by atoms with Crippen LogP contribution in [0.4, 0.5) is 10.3 Å². The molecule has 0 bridgehead atoms. The Hall–Kier alpha value is -3.64. The van der Waals surface area contributed by atoms with Gasteiger partial charge in [0.15, 0.2) is 10.3 Å². The number of aryl methyl sites for hydroxylation is 2. The van der Waals surface area contributed by atoms with Gasteiger partial charge in [-0.05, 0) is 38.1 Å². The first-order chi connectivity index (χ1) is 15.2. The Morgan fingerprint density at radius 3 is 1.38 bits per heavy atom. The number of amides is 2. The number of nitrogens with one attached hydrogen (secondary N) is 2. The molecule has 2 aromatic heterocycles. The molecule has 0 fully saturated rings. The van der Waals surface area contributed by atoms with Crippen LogP contribution in [-0.2, 0) is 9.47 Å². The molecule has 2 N–H and O–H groups in total. The molecule has 3 rings (SSSR count). The van der Waals surface area contributed by atoms with Crippen molar-refractivity contribution in [3.63, 3.8) is 0 Å². The van der Waals surface area contributed by atoms with Crippen molar-refractivity contribution in [2.45, 2.75) is 13.8 Å². The van der Waals surface area contributed by atoms with Crippen molar-refractivity contribution in [2.75, 3.05) is 24.9 Å². The molecule has 1 aromatic carbocycles. The van der Waals surface area contributed by atoms with Crippen LogP contribution < -0.4 is 10.6 Å². The number of methoxy groups -OCH3 is 2. The molecule has 0 saturated heterocycles. The fraction of sp³-hybridized carbons (Fsp3) is 0.200. The summed E-state index contributed by atoms with van der Waals surface area (Å²) in [6.45, 7) is 3.29. The van der Waals surface area contributed by atoms with Gasteiger partial charge in [-0.2, -0.15) is 0 Å². The van der Waals surface area contributed by atoms with Crippen LogP contribution in [0.5, 0.6) is 0 Å². The fourth-order valence-electron chi connectivity index (χ4n) is 2.58. The van der Waals surface area contributed by atoms with E-state index in [0.29, 0.717) is 32.3 Å². The van der Waals surface area contributed by atoms with Gasteiger partial charge < -0.3 is 9.47 Å². The first-order valence-corrected chi connectivity index (χ1v) is 10.7. The maximum Gasteiger partial charge on any atom is 0.350 e. The van der Waals surface area contributed by atoms with Crippen molar-refractivity contribution < 1.29 is 28.7 Å². The molecular formula is C20H18N4O6S2. The number of carbonyl (C=O) groups excluding carboxylic acids is 4. The van der Waals surface area contributed by atoms with E-state index in [0.717, 1.165) is 22.7 Å². The van der Waals surface area contributed by atoms with E-state index in [4.69, 9.17) is 0 Å². The van der Waals surface area contributed by atoms with Gasteiger partial charge in [0.2, 0.25) is 0 Å². The van der Waals surface area contributed by atoms with Gasteiger partial charge in [-0.3, -0.25) is 20.2 Å². The molecule has 0 saturated carbocycles. The Bertz CT molecular complexity index is 1110. The Morgan fingerprint density at radius 1 is 0.719 bits per heavy atom. The van der Waals surface area contributed by atoms with Crippen molar-refractivity contribution in [3.8, 4) is 0 Å². The standard InChI is InChI=1S/C20H18N4O6S2/c1-9-13(17(27)29-3)31-19(21-9)23-15(25)11-5-7-12(8-6-11)16(26)24-20-22-10(2)14(32-20)18(28)30-4/h5-8H,1-4H3,(H,21,23,25)(H,22,24,26). The molecule has 32 heavy (non-hydrogen) atoms. The molecule has 0 aliphatic rings. The van der Waals surface area contributed by atoms with Gasteiger partial charge in [-0.25, -0.2) is 19.6 Å². The van der Waals surface area contributed by atoms with Crippen LogP contribution in [-0.4, -0.2) is 47.9 Å². The van der Waals surface area contributed by atoms with E-state index >= 15 is 0 Å². The SMILES string of the molecule is COC(=O)c1sc(NC(=O)c2ccc(C(=O)Nc3nc(C)c(C(=O)OC)s3)cc2)nc1C. The lowest BCUT2D eigenvalue weighted by molar-refractivity contribution is 0.0596. The first-order valence-electron chi connectivity index (χ1n) is 9.07. The molecule has 0 aliphatic heterocycles. The highest BCUT2D eigenvalue weighted by molar-refractivity contribution is 7.18. The predicted octanol–water partition coefficient (Wildman–Crippen LogP) is 3.29. The van der Waals surface area contributed by atoms with Crippen LogP contribution in [0.1, 0.15) is 51.4 Å². The van der Waals surface area contributed by atoms with Crippen molar-refractivity contribution in [1.29, 1.82) is 0 Å². The van der Waals surface area contributed by atoms with Crippen LogP contribution in [0.3, 0.4) is 0 Å². The zero-order chi connectivity index (χ0) is 23.4. The highest BCUT2D eigenvalue weighted by Gasteiger charge is 2.19. The summed E-state index contributed by atoms with van der Waals surface area (Å²) in [5.74, 6) is -1.93. The number of esters is 2. The number of carbonyl (C=O) groups is 4. The van der Waals surface area contributed by atoms with Gasteiger partial charge in [0.1, 0.15) is 9.75 Å². The molecule has 166 valence electrons. The second-order valence-corrected chi connectivity index (χ2v) is 8.33. The Morgan fingerprint density at radius 2 is 1.06 bits per heavy atom. The summed E-state index contributed by atoms with van der Waals surface area (Å²) in [7, 11) is 2.54. The maximum absolute atomic E-state index is 12.5. The van der Waals surface area contributed by atoms with Crippen LogP contribution in [0, 0.1) is 13.8 Å². The number of aromatic nitrogens is 2. The molecule has 2 heterocycles. The predicted molar refractivity (Wildman–Crippen MR) is 119 cm³/mol. The van der Waals surface area contributed by atoms with E-state index < -0.39 is 23.8 Å². The Balaban J connectivity index is 1.67. The van der Waals surface area contributed by atoms with E-state index in [1.54, 1.807) is 13.8 Å². The van der Waals surface area contributed by atoms with Gasteiger partial charge in [-0.1, -0.05) is 22.7 Å². The van der Waals surface area contributed by atoms with Crippen molar-refractivity contribution >= 4 is 56.7 Å². The number of ether oxygens (including phenoxy) is 2. The normalized spacial score (nSPS) is 10.4. The molecule has 0 spiro atoms. The van der Waals surface area contributed by atoms with Gasteiger partial charge in [0, 0.05) is 11.1 Å². The monoisotopic (exact) mass is 474 g/mol. The topological polar surface area (TPSA) is 137 Å². The van der Waals surface area contributed by atoms with E-state index in [1.165, 1.54) is 38.5 Å². The third kappa shape index (κ3) is 4.98. The van der Waals surface area contributed by atoms with Crippen molar-refractivity contribution in [1.82, 2.24) is 9.97 Å². The van der Waals surface area contributed by atoms with E-state index in [2.05, 4.69) is 30.1 Å². The summed E-state index contributed by atoms with van der Waals surface area (Å²) >= 11 is 2.02. The number of benzene rings is 1. The van der Waals surface area contributed by atoms with Gasteiger partial charge in [0.05, 0.1) is 25.6 Å². The highest BCUT2D eigenvalue weighted by atomic mass is 32.1. The molecular weight excluding hydrogens is 456 g/mol. The third-order valence-electron chi connectivity index (χ3n) is 4.18. The van der Waals surface area contributed by atoms with Crippen LogP contribution in [0.15, 0.2) is 24.3 Å². The third-order valence-corrected chi connectivity index (χ3v) is 6.29. The number of rotatable bonds is 6. The zero-order valence-electron chi connectivity index (χ0n) is 17.5. The Labute approximate surface area is 190 Å². The minimum atomic E-state index is -0.523. The number of anilines is 2. The largest absolute Gasteiger partial charge is 0.465 e. The summed E-state index contributed by atoms with van der Waals surface area (Å²) in [6, 6.07) is 5.94. The summed E-state index contributed by atoms with van der Waals surface area (Å²) in [5.41, 5.74) is 1.51. The van der Waals surface area contributed by atoms with Gasteiger partial charge >= 0.3 is 11.9 Å². The van der Waals surface area contributed by atoms with Crippen LogP contribution in [0.2, 0.25) is 0 Å². The molecule has 0 radical (unpaired) electrons. The number of hydrogen-bond donors (Lipinski definition) is 2. The zero-order valence-corrected chi connectivity index (χ0v) is 19.1. The maximum atomic E-state index is 12.5. The minimum Gasteiger partial charge on any atom is -0.465 e. The lowest BCUT2D eigenvalue weighted by Gasteiger charge is -2.04. The number of thiazole rings is 2. The molecule has 0 atom stereocenters. The van der Waals surface area contributed by atoms with Crippen LogP contribution in [0.25, 0.3) is 0 Å². The molecule has 0 unspecified atom stereocenters. The molecule has 10 nitrogen and oxygen atoms in total. The van der Waals surface area contributed by atoms with Gasteiger partial charge in [0.25, 0.3) is 11.8 Å². The second-order valence-electron chi connectivity index (χ2n) is 6.34. The van der Waals surface area contributed by atoms with E-state index in [1.807, 2.05) is 0 Å². The molecule has 12 heteroatoms. The summed E-state index contributed by atoms with van der Waals surface area (Å²) in [6.07, 6.45) is 0. The van der Waals surface area contributed by atoms with Crippen molar-refractivity contribution in [3.05, 3.63) is 56.5 Å². The van der Waals surface area contributed by atoms with E-state index in [-0.39, 0.29) is 10.3 Å². The van der Waals surface area contributed by atoms with Crippen molar-refractivity contribution in [2.24, 2.45) is 0 Å².